The molecular weight excluding hydrogens is 358 g/mol. The number of nitrogens with one attached hydrogen (secondary N) is 1. The van der Waals surface area contributed by atoms with Crippen molar-refractivity contribution in [3.8, 4) is 0 Å². The molecule has 1 amide bonds. The van der Waals surface area contributed by atoms with E-state index in [1.54, 1.807) is 12.1 Å². The highest BCUT2D eigenvalue weighted by molar-refractivity contribution is 14.1. The number of rotatable bonds is 1. The summed E-state index contributed by atoms with van der Waals surface area (Å²) in [5.41, 5.74) is 1.57. The van der Waals surface area contributed by atoms with Crippen molar-refractivity contribution in [2.24, 2.45) is 5.92 Å². The summed E-state index contributed by atoms with van der Waals surface area (Å²) in [6.45, 7) is 3.00. The molecule has 3 rings (SSSR count). The van der Waals surface area contributed by atoms with Crippen molar-refractivity contribution in [3.63, 3.8) is 0 Å². The van der Waals surface area contributed by atoms with Crippen molar-refractivity contribution in [2.45, 2.75) is 32.2 Å². The molecule has 2 atom stereocenters. The van der Waals surface area contributed by atoms with Crippen LogP contribution >= 0.6 is 22.6 Å². The molecule has 0 bridgehead atoms. The van der Waals surface area contributed by atoms with Gasteiger partial charge in [-0.3, -0.25) is 4.79 Å². The maximum atomic E-state index is 13.8. The fraction of sp³-hybridized carbons (Fsp3) is 0.500. The van der Waals surface area contributed by atoms with E-state index in [-0.39, 0.29) is 17.8 Å². The van der Waals surface area contributed by atoms with Crippen molar-refractivity contribution < 1.29 is 9.18 Å². The number of carbonyl (C=O) groups is 1. The third-order valence-corrected chi connectivity index (χ3v) is 5.02. The summed E-state index contributed by atoms with van der Waals surface area (Å²) < 4.78 is 14.3. The molecule has 1 fully saturated rings. The number of halogens is 2. The minimum absolute atomic E-state index is 0.0491. The summed E-state index contributed by atoms with van der Waals surface area (Å²) in [5, 5.41) is 2.92. The quantitative estimate of drug-likeness (QED) is 0.765. The van der Waals surface area contributed by atoms with E-state index in [1.807, 2.05) is 22.6 Å². The molecule has 2 heterocycles. The van der Waals surface area contributed by atoms with Crippen molar-refractivity contribution in [3.05, 3.63) is 21.5 Å². The lowest BCUT2D eigenvalue weighted by atomic mass is 9.87. The zero-order chi connectivity index (χ0) is 13.6. The number of amides is 1. The lowest BCUT2D eigenvalue weighted by Gasteiger charge is -2.43. The topological polar surface area (TPSA) is 32.3 Å². The predicted molar refractivity (Wildman–Crippen MR) is 81.9 cm³/mol. The molecule has 1 aromatic carbocycles. The Balaban J connectivity index is 1.99. The van der Waals surface area contributed by atoms with Gasteiger partial charge in [-0.1, -0.05) is 13.3 Å². The summed E-state index contributed by atoms with van der Waals surface area (Å²) in [7, 11) is 0. The molecule has 3 nitrogen and oxygen atoms in total. The normalized spacial score (nSPS) is 25.6. The number of benzene rings is 1. The first-order valence-electron chi connectivity index (χ1n) is 6.66. The van der Waals surface area contributed by atoms with Crippen LogP contribution in [0.15, 0.2) is 12.1 Å². The zero-order valence-electron chi connectivity index (χ0n) is 10.7. The second-order valence-corrected chi connectivity index (χ2v) is 6.44. The Labute approximate surface area is 125 Å². The summed E-state index contributed by atoms with van der Waals surface area (Å²) >= 11 is 1.95. The van der Waals surface area contributed by atoms with E-state index in [1.165, 1.54) is 0 Å². The molecule has 1 saturated heterocycles. The number of hydrogen-bond acceptors (Lipinski definition) is 2. The van der Waals surface area contributed by atoms with Crippen molar-refractivity contribution in [1.29, 1.82) is 0 Å². The van der Waals surface area contributed by atoms with Gasteiger partial charge < -0.3 is 10.2 Å². The smallest absolute Gasteiger partial charge is 0.247 e. The van der Waals surface area contributed by atoms with Crippen molar-refractivity contribution in [1.82, 2.24) is 0 Å². The van der Waals surface area contributed by atoms with Crippen LogP contribution in [0.5, 0.6) is 0 Å². The van der Waals surface area contributed by atoms with E-state index in [0.717, 1.165) is 37.2 Å². The average molecular weight is 374 g/mol. The molecule has 0 radical (unpaired) electrons. The van der Waals surface area contributed by atoms with Crippen LogP contribution in [0.3, 0.4) is 0 Å². The third-order valence-electron chi connectivity index (χ3n) is 4.20. The van der Waals surface area contributed by atoms with E-state index in [0.29, 0.717) is 9.49 Å². The first-order chi connectivity index (χ1) is 9.10. The number of piperidine rings is 1. The van der Waals surface area contributed by atoms with E-state index >= 15 is 0 Å². The molecule has 19 heavy (non-hydrogen) atoms. The van der Waals surface area contributed by atoms with Gasteiger partial charge in [0.25, 0.3) is 0 Å². The Morgan fingerprint density at radius 1 is 1.53 bits per heavy atom. The molecule has 1 aromatic rings. The number of anilines is 2. The Hall–Kier alpha value is -0.850. The molecule has 0 aromatic heterocycles. The van der Waals surface area contributed by atoms with Gasteiger partial charge in [0.2, 0.25) is 5.91 Å². The number of fused-ring (bicyclic) bond motifs is 3. The summed E-state index contributed by atoms with van der Waals surface area (Å²) in [5.74, 6) is 0.433. The van der Waals surface area contributed by atoms with Gasteiger partial charge in [-0.2, -0.15) is 0 Å². The molecule has 0 spiro atoms. The summed E-state index contributed by atoms with van der Waals surface area (Å²) in [6, 6.07) is 3.13. The van der Waals surface area contributed by atoms with Crippen LogP contribution in [-0.2, 0) is 4.79 Å². The lowest BCUT2D eigenvalue weighted by Crippen LogP contribution is -2.52. The van der Waals surface area contributed by atoms with E-state index in [4.69, 9.17) is 0 Å². The van der Waals surface area contributed by atoms with Crippen LogP contribution in [0.4, 0.5) is 15.8 Å². The highest BCUT2D eigenvalue weighted by Crippen LogP contribution is 2.39. The molecular formula is C14H16FIN2O. The highest BCUT2D eigenvalue weighted by Gasteiger charge is 2.37. The van der Waals surface area contributed by atoms with Gasteiger partial charge >= 0.3 is 0 Å². The monoisotopic (exact) mass is 374 g/mol. The molecule has 0 aliphatic carbocycles. The molecule has 2 aliphatic rings. The van der Waals surface area contributed by atoms with Crippen LogP contribution in [0.2, 0.25) is 0 Å². The van der Waals surface area contributed by atoms with Gasteiger partial charge in [0.05, 0.1) is 14.9 Å². The highest BCUT2D eigenvalue weighted by atomic mass is 127. The Bertz CT molecular complexity index is 534. The summed E-state index contributed by atoms with van der Waals surface area (Å²) in [4.78, 5) is 14.3. The predicted octanol–water partition coefficient (Wildman–Crippen LogP) is 3.38. The molecule has 0 saturated carbocycles. The first kappa shape index (κ1) is 13.1. The molecule has 1 N–H and O–H groups in total. The maximum absolute atomic E-state index is 13.8. The molecule has 102 valence electrons. The van der Waals surface area contributed by atoms with E-state index < -0.39 is 0 Å². The van der Waals surface area contributed by atoms with Crippen LogP contribution in [0.1, 0.15) is 26.2 Å². The number of nitrogens with zero attached hydrogens (tertiary/aromatic N) is 1. The van der Waals surface area contributed by atoms with Gasteiger partial charge in [0.15, 0.2) is 0 Å². The number of hydrogen-bond donors (Lipinski definition) is 1. The first-order valence-corrected chi connectivity index (χ1v) is 7.74. The van der Waals surface area contributed by atoms with Gasteiger partial charge in [-0.25, -0.2) is 4.39 Å². The lowest BCUT2D eigenvalue weighted by molar-refractivity contribution is -0.118. The van der Waals surface area contributed by atoms with E-state index in [9.17, 15) is 9.18 Å². The second-order valence-electron chi connectivity index (χ2n) is 5.28. The average Bonchev–Trinajstić information content (AvgIpc) is 2.41. The minimum atomic E-state index is -0.216. The third kappa shape index (κ3) is 2.22. The van der Waals surface area contributed by atoms with Crippen LogP contribution in [0.25, 0.3) is 0 Å². The van der Waals surface area contributed by atoms with Crippen molar-refractivity contribution in [2.75, 3.05) is 16.8 Å². The van der Waals surface area contributed by atoms with Crippen LogP contribution in [0, 0.1) is 15.3 Å². The SMILES string of the molecule is CCC1CCN2c3cc(F)c(I)cc3NC(=O)C2C1. The van der Waals surface area contributed by atoms with E-state index in [2.05, 4.69) is 17.1 Å². The molecule has 2 unspecified atom stereocenters. The standard InChI is InChI=1S/C14H16FIN2O/c1-2-8-3-4-18-12-6-9(15)10(16)7-11(12)17-14(19)13(18)5-8/h6-8,13H,2-5H2,1H3,(H,17,19). The Morgan fingerprint density at radius 2 is 2.32 bits per heavy atom. The molecule has 2 aliphatic heterocycles. The zero-order valence-corrected chi connectivity index (χ0v) is 12.9. The minimum Gasteiger partial charge on any atom is -0.358 e. The Kier molecular flexibility index (Phi) is 3.41. The van der Waals surface area contributed by atoms with Gasteiger partial charge in [0.1, 0.15) is 11.9 Å². The fourth-order valence-corrected chi connectivity index (χ4v) is 3.50. The second kappa shape index (κ2) is 4.92. The van der Waals surface area contributed by atoms with Gasteiger partial charge in [-0.15, -0.1) is 0 Å². The van der Waals surface area contributed by atoms with Gasteiger partial charge in [0, 0.05) is 12.6 Å². The number of carbonyl (C=O) groups excluding carboxylic acids is 1. The van der Waals surface area contributed by atoms with Crippen LogP contribution < -0.4 is 10.2 Å². The Morgan fingerprint density at radius 3 is 3.05 bits per heavy atom. The van der Waals surface area contributed by atoms with Crippen molar-refractivity contribution >= 4 is 39.9 Å². The largest absolute Gasteiger partial charge is 0.358 e. The van der Waals surface area contributed by atoms with Gasteiger partial charge in [-0.05, 0) is 47.4 Å². The van der Waals surface area contributed by atoms with Crippen LogP contribution in [-0.4, -0.2) is 18.5 Å². The summed E-state index contributed by atoms with van der Waals surface area (Å²) in [6.07, 6.45) is 3.05. The fourth-order valence-electron chi connectivity index (χ4n) is 3.04. The molecule has 5 heteroatoms. The maximum Gasteiger partial charge on any atom is 0.247 e.